The normalized spacial score (nSPS) is 16.8. The van der Waals surface area contributed by atoms with Crippen LogP contribution in [0.2, 0.25) is 0 Å². The van der Waals surface area contributed by atoms with E-state index in [0.29, 0.717) is 18.6 Å². The largest absolute Gasteiger partial charge is 0.359 e. The summed E-state index contributed by atoms with van der Waals surface area (Å²) in [6.45, 7) is 8.74. The molecular weight excluding hydrogens is 292 g/mol. The Bertz CT molecular complexity index is 649. The van der Waals surface area contributed by atoms with E-state index in [-0.39, 0.29) is 16.5 Å². The van der Waals surface area contributed by atoms with E-state index in [9.17, 15) is 13.2 Å². The number of nitrogens with zero attached hydrogens (tertiary/aromatic N) is 1. The average Bonchev–Trinajstić information content (AvgIpc) is 3.09. The van der Waals surface area contributed by atoms with Gasteiger partial charge in [-0.1, -0.05) is 25.9 Å². The van der Waals surface area contributed by atoms with Gasteiger partial charge in [0.15, 0.2) is 15.7 Å². The molecule has 1 saturated carbocycles. The lowest BCUT2D eigenvalue weighted by Crippen LogP contribution is -2.46. The number of sulfone groups is 1. The predicted molar refractivity (Wildman–Crippen MR) is 79.9 cm³/mol. The van der Waals surface area contributed by atoms with E-state index in [1.165, 1.54) is 13.8 Å². The Morgan fingerprint density at radius 3 is 2.29 bits per heavy atom. The average molecular weight is 314 g/mol. The van der Waals surface area contributed by atoms with E-state index in [1.54, 1.807) is 6.07 Å². The van der Waals surface area contributed by atoms with Gasteiger partial charge in [-0.25, -0.2) is 8.42 Å². The minimum atomic E-state index is -3.48. The second kappa shape index (κ2) is 4.83. The van der Waals surface area contributed by atoms with Crippen molar-refractivity contribution in [3.8, 4) is 0 Å². The van der Waals surface area contributed by atoms with Crippen LogP contribution in [0.3, 0.4) is 0 Å². The molecule has 1 aromatic heterocycles. The topological polar surface area (TPSA) is 89.3 Å². The molecule has 0 atom stereocenters. The predicted octanol–water partition coefficient (Wildman–Crippen LogP) is 2.27. The molecular formula is C14H22N2O4S. The van der Waals surface area contributed by atoms with Gasteiger partial charge < -0.3 is 9.84 Å². The van der Waals surface area contributed by atoms with Gasteiger partial charge in [0.05, 0.1) is 5.25 Å². The van der Waals surface area contributed by atoms with Crippen LogP contribution < -0.4 is 5.32 Å². The molecule has 1 amide bonds. The number of carbonyl (C=O) groups excluding carboxylic acids is 1. The molecule has 7 heteroatoms. The molecule has 1 heterocycles. The first-order valence-electron chi connectivity index (χ1n) is 6.98. The Hall–Kier alpha value is -1.37. The van der Waals surface area contributed by atoms with Gasteiger partial charge in [-0.2, -0.15) is 0 Å². The zero-order valence-corrected chi connectivity index (χ0v) is 13.9. The molecule has 0 radical (unpaired) electrons. The Morgan fingerprint density at radius 2 is 1.86 bits per heavy atom. The number of amides is 1. The van der Waals surface area contributed by atoms with Crippen molar-refractivity contribution in [2.75, 3.05) is 5.32 Å². The van der Waals surface area contributed by atoms with Gasteiger partial charge in [0.2, 0.25) is 5.91 Å². The van der Waals surface area contributed by atoms with Crippen LogP contribution in [0.15, 0.2) is 10.6 Å². The highest BCUT2D eigenvalue weighted by atomic mass is 32.2. The number of hydrogen-bond donors (Lipinski definition) is 1. The third-order valence-corrected chi connectivity index (χ3v) is 6.67. The Morgan fingerprint density at radius 1 is 1.29 bits per heavy atom. The number of anilines is 1. The Labute approximate surface area is 125 Å². The van der Waals surface area contributed by atoms with Gasteiger partial charge in [0.1, 0.15) is 10.5 Å². The van der Waals surface area contributed by atoms with Crippen LogP contribution in [-0.2, 0) is 20.0 Å². The number of nitrogens with one attached hydrogen (secondary N) is 1. The molecule has 2 rings (SSSR count). The molecule has 1 aliphatic carbocycles. The van der Waals surface area contributed by atoms with Crippen LogP contribution in [-0.4, -0.2) is 29.5 Å². The van der Waals surface area contributed by atoms with Crippen LogP contribution >= 0.6 is 0 Å². The molecule has 21 heavy (non-hydrogen) atoms. The summed E-state index contributed by atoms with van der Waals surface area (Å²) in [6, 6.07) is 1.62. The van der Waals surface area contributed by atoms with Gasteiger partial charge in [0, 0.05) is 11.5 Å². The maximum atomic E-state index is 12.3. The first-order valence-corrected chi connectivity index (χ1v) is 8.53. The first-order chi connectivity index (χ1) is 9.46. The maximum absolute atomic E-state index is 12.3. The van der Waals surface area contributed by atoms with Crippen molar-refractivity contribution in [3.05, 3.63) is 11.8 Å². The molecule has 0 spiro atoms. The molecule has 0 aliphatic heterocycles. The second-order valence-corrected chi connectivity index (χ2v) is 9.81. The summed E-state index contributed by atoms with van der Waals surface area (Å²) in [5.74, 6) is 0.285. The van der Waals surface area contributed by atoms with Crippen LogP contribution in [0.5, 0.6) is 0 Å². The van der Waals surface area contributed by atoms with Gasteiger partial charge in [-0.3, -0.25) is 4.79 Å². The minimum absolute atomic E-state index is 0.231. The van der Waals surface area contributed by atoms with Crippen LogP contribution in [0.25, 0.3) is 0 Å². The summed E-state index contributed by atoms with van der Waals surface area (Å²) < 4.78 is 28.3. The molecule has 1 fully saturated rings. The molecule has 1 aromatic rings. The van der Waals surface area contributed by atoms with Crippen LogP contribution in [0, 0.1) is 0 Å². The Balaban J connectivity index is 2.16. The quantitative estimate of drug-likeness (QED) is 0.920. The van der Waals surface area contributed by atoms with Crippen molar-refractivity contribution in [2.24, 2.45) is 0 Å². The smallest absolute Gasteiger partial charge is 0.246 e. The third kappa shape index (κ3) is 2.97. The number of aromatic nitrogens is 1. The summed E-state index contributed by atoms with van der Waals surface area (Å²) in [5, 5.41) is 5.93. The fourth-order valence-corrected chi connectivity index (χ4v) is 3.78. The molecule has 1 N–H and O–H groups in total. The summed E-state index contributed by atoms with van der Waals surface area (Å²) in [4.78, 5) is 12.3. The lowest BCUT2D eigenvalue weighted by molar-refractivity contribution is -0.117. The minimum Gasteiger partial charge on any atom is -0.359 e. The molecule has 0 saturated heterocycles. The van der Waals surface area contributed by atoms with Crippen molar-refractivity contribution in [2.45, 2.75) is 62.9 Å². The maximum Gasteiger partial charge on any atom is 0.246 e. The lowest BCUT2D eigenvalue weighted by Gasteiger charge is -2.22. The van der Waals surface area contributed by atoms with Crippen molar-refractivity contribution < 1.29 is 17.7 Å². The molecule has 0 aromatic carbocycles. The molecule has 1 aliphatic rings. The number of hydrogen-bond acceptors (Lipinski definition) is 5. The van der Waals surface area contributed by atoms with Gasteiger partial charge in [-0.05, 0) is 26.7 Å². The highest BCUT2D eigenvalue weighted by Crippen LogP contribution is 2.36. The SMILES string of the molecule is CC(C)(C)c1cc(NC(=O)C(C)(C)S(=O)(=O)C2CC2)no1. The van der Waals surface area contributed by atoms with Crippen molar-refractivity contribution in [3.63, 3.8) is 0 Å². The summed E-state index contributed by atoms with van der Waals surface area (Å²) in [6.07, 6.45) is 1.27. The van der Waals surface area contributed by atoms with E-state index in [0.717, 1.165) is 0 Å². The second-order valence-electron chi connectivity index (χ2n) is 7.04. The molecule has 118 valence electrons. The first kappa shape index (κ1) is 16.0. The van der Waals surface area contributed by atoms with Gasteiger partial charge in [-0.15, -0.1) is 0 Å². The molecule has 0 unspecified atom stereocenters. The fourth-order valence-electron chi connectivity index (χ4n) is 1.88. The standard InChI is InChI=1S/C14H22N2O4S/c1-13(2,3)10-8-11(16-20-10)15-12(17)14(4,5)21(18,19)9-6-7-9/h8-9H,6-7H2,1-5H3,(H,15,16,17). The van der Waals surface area contributed by atoms with Gasteiger partial charge >= 0.3 is 0 Å². The van der Waals surface area contributed by atoms with Crippen molar-refractivity contribution in [1.82, 2.24) is 5.16 Å². The zero-order valence-electron chi connectivity index (χ0n) is 13.1. The van der Waals surface area contributed by atoms with E-state index in [2.05, 4.69) is 10.5 Å². The van der Waals surface area contributed by atoms with E-state index in [4.69, 9.17) is 4.52 Å². The summed E-state index contributed by atoms with van der Waals surface area (Å²) >= 11 is 0. The van der Waals surface area contributed by atoms with E-state index < -0.39 is 20.5 Å². The van der Waals surface area contributed by atoms with Crippen LogP contribution in [0.4, 0.5) is 5.82 Å². The Kier molecular flexibility index (Phi) is 3.68. The molecule has 0 bridgehead atoms. The number of rotatable bonds is 4. The molecule has 6 nitrogen and oxygen atoms in total. The summed E-state index contributed by atoms with van der Waals surface area (Å²) in [7, 11) is -3.48. The van der Waals surface area contributed by atoms with Crippen LogP contribution in [0.1, 0.15) is 53.2 Å². The van der Waals surface area contributed by atoms with Crippen molar-refractivity contribution in [1.29, 1.82) is 0 Å². The zero-order chi connectivity index (χ0) is 16.1. The van der Waals surface area contributed by atoms with Gasteiger partial charge in [0.25, 0.3) is 0 Å². The van der Waals surface area contributed by atoms with E-state index in [1.807, 2.05) is 20.8 Å². The van der Waals surface area contributed by atoms with Crippen molar-refractivity contribution >= 4 is 21.6 Å². The lowest BCUT2D eigenvalue weighted by atomic mass is 9.93. The fraction of sp³-hybridized carbons (Fsp3) is 0.714. The third-order valence-electron chi connectivity index (χ3n) is 3.71. The highest BCUT2D eigenvalue weighted by molar-refractivity contribution is 7.94. The van der Waals surface area contributed by atoms with E-state index >= 15 is 0 Å². The highest BCUT2D eigenvalue weighted by Gasteiger charge is 2.50. The summed E-state index contributed by atoms with van der Waals surface area (Å²) in [5.41, 5.74) is -0.231. The number of carbonyl (C=O) groups is 1. The monoisotopic (exact) mass is 314 g/mol.